The highest BCUT2D eigenvalue weighted by molar-refractivity contribution is 5.89. The molecule has 6 heteroatoms. The minimum absolute atomic E-state index is 0.0207. The second kappa shape index (κ2) is 8.68. The largest absolute Gasteiger partial charge is 0.489 e. The molecule has 1 aliphatic rings. The molecule has 3 rings (SSSR count). The van der Waals surface area contributed by atoms with Crippen LogP contribution in [0.4, 0.5) is 0 Å². The van der Waals surface area contributed by atoms with E-state index in [1.54, 1.807) is 12.1 Å². The van der Waals surface area contributed by atoms with Crippen LogP contribution in [0.25, 0.3) is 0 Å². The van der Waals surface area contributed by atoms with Crippen molar-refractivity contribution in [3.8, 4) is 5.75 Å². The molecule has 0 aliphatic carbocycles. The van der Waals surface area contributed by atoms with Crippen LogP contribution < -0.4 is 10.1 Å². The Morgan fingerprint density at radius 1 is 1.19 bits per heavy atom. The third-order valence-electron chi connectivity index (χ3n) is 4.44. The van der Waals surface area contributed by atoms with E-state index in [9.17, 15) is 9.59 Å². The first kappa shape index (κ1) is 18.9. The van der Waals surface area contributed by atoms with Crippen LogP contribution in [0.5, 0.6) is 5.75 Å². The second-order valence-electron chi connectivity index (χ2n) is 6.67. The van der Waals surface area contributed by atoms with Crippen LogP contribution in [-0.4, -0.2) is 43.1 Å². The molecule has 0 aromatic heterocycles. The number of carbonyl (C=O) groups excluding carboxylic acids is 2. The van der Waals surface area contributed by atoms with Crippen molar-refractivity contribution in [2.45, 2.75) is 26.1 Å². The summed E-state index contributed by atoms with van der Waals surface area (Å²) in [5, 5.41) is 2.93. The van der Waals surface area contributed by atoms with Gasteiger partial charge in [-0.3, -0.25) is 9.69 Å². The highest BCUT2D eigenvalue weighted by Gasteiger charge is 2.21. The second-order valence-corrected chi connectivity index (χ2v) is 6.67. The van der Waals surface area contributed by atoms with Crippen LogP contribution >= 0.6 is 0 Å². The van der Waals surface area contributed by atoms with Crippen molar-refractivity contribution in [3.05, 3.63) is 65.2 Å². The summed E-state index contributed by atoms with van der Waals surface area (Å²) in [6.07, 6.45) is 0.0207. The molecule has 0 radical (unpaired) electrons. The maximum absolute atomic E-state index is 12.4. The number of esters is 1. The fourth-order valence-electron chi connectivity index (χ4n) is 3.13. The highest BCUT2D eigenvalue weighted by atomic mass is 16.5. The van der Waals surface area contributed by atoms with Crippen LogP contribution in [-0.2, 0) is 22.6 Å². The van der Waals surface area contributed by atoms with E-state index < -0.39 is 0 Å². The Labute approximate surface area is 159 Å². The molecular formula is C21H24N2O4. The number of nitrogens with zero attached hydrogens (tertiary/aromatic N) is 1. The van der Waals surface area contributed by atoms with Crippen molar-refractivity contribution in [1.82, 2.24) is 10.2 Å². The molecule has 142 valence electrons. The number of rotatable bonds is 5. The monoisotopic (exact) mass is 368 g/mol. The van der Waals surface area contributed by atoms with Gasteiger partial charge in [-0.25, -0.2) is 4.79 Å². The van der Waals surface area contributed by atoms with E-state index in [0.29, 0.717) is 31.7 Å². The Hall–Kier alpha value is -2.86. The number of carbonyl (C=O) groups is 2. The number of hydrogen-bond acceptors (Lipinski definition) is 5. The first-order chi connectivity index (χ1) is 13.0. The van der Waals surface area contributed by atoms with E-state index in [4.69, 9.17) is 4.74 Å². The Kier molecular flexibility index (Phi) is 6.08. The summed E-state index contributed by atoms with van der Waals surface area (Å²) < 4.78 is 10.6. The number of amides is 1. The molecule has 1 heterocycles. The Morgan fingerprint density at radius 2 is 1.93 bits per heavy atom. The number of fused-ring (bicyclic) bond motifs is 1. The van der Waals surface area contributed by atoms with Gasteiger partial charge in [0, 0.05) is 25.2 Å². The highest BCUT2D eigenvalue weighted by Crippen LogP contribution is 2.24. The predicted molar refractivity (Wildman–Crippen MR) is 101 cm³/mol. The molecule has 0 saturated heterocycles. The summed E-state index contributed by atoms with van der Waals surface area (Å²) >= 11 is 0. The van der Waals surface area contributed by atoms with Gasteiger partial charge in [0.2, 0.25) is 5.91 Å². The van der Waals surface area contributed by atoms with E-state index in [2.05, 4.69) is 15.0 Å². The molecule has 0 bridgehead atoms. The third-order valence-corrected chi connectivity index (χ3v) is 4.44. The molecule has 2 aromatic rings. The van der Waals surface area contributed by atoms with E-state index in [-0.39, 0.29) is 18.0 Å². The van der Waals surface area contributed by atoms with Crippen molar-refractivity contribution in [1.29, 1.82) is 0 Å². The van der Waals surface area contributed by atoms with Gasteiger partial charge in [-0.15, -0.1) is 0 Å². The van der Waals surface area contributed by atoms with Gasteiger partial charge in [-0.2, -0.15) is 0 Å². The van der Waals surface area contributed by atoms with Gasteiger partial charge in [0.15, 0.2) is 0 Å². The Balaban J connectivity index is 1.54. The fourth-order valence-corrected chi connectivity index (χ4v) is 3.13. The van der Waals surface area contributed by atoms with Crippen LogP contribution in [0, 0.1) is 0 Å². The van der Waals surface area contributed by atoms with E-state index in [1.165, 1.54) is 7.11 Å². The first-order valence-corrected chi connectivity index (χ1v) is 8.96. The average Bonchev–Trinajstić information content (AvgIpc) is 2.83. The van der Waals surface area contributed by atoms with Gasteiger partial charge in [0.05, 0.1) is 19.2 Å². The van der Waals surface area contributed by atoms with Crippen molar-refractivity contribution >= 4 is 11.9 Å². The molecule has 0 fully saturated rings. The van der Waals surface area contributed by atoms with Crippen LogP contribution in [0.15, 0.2) is 48.5 Å². The molecule has 0 spiro atoms. The summed E-state index contributed by atoms with van der Waals surface area (Å²) in [5.74, 6) is 0.473. The third kappa shape index (κ3) is 5.08. The molecule has 1 unspecified atom stereocenters. The van der Waals surface area contributed by atoms with Crippen molar-refractivity contribution < 1.29 is 19.1 Å². The van der Waals surface area contributed by atoms with E-state index in [0.717, 1.165) is 16.9 Å². The maximum Gasteiger partial charge on any atom is 0.337 e. The summed E-state index contributed by atoms with van der Waals surface area (Å²) in [5.41, 5.74) is 2.51. The van der Waals surface area contributed by atoms with E-state index in [1.807, 2.05) is 43.3 Å². The fraction of sp³-hybridized carbons (Fsp3) is 0.333. The lowest BCUT2D eigenvalue weighted by molar-refractivity contribution is -0.122. The van der Waals surface area contributed by atoms with Gasteiger partial charge < -0.3 is 14.8 Å². The van der Waals surface area contributed by atoms with Crippen molar-refractivity contribution in [3.63, 3.8) is 0 Å². The molecule has 27 heavy (non-hydrogen) atoms. The number of methoxy groups -OCH3 is 1. The van der Waals surface area contributed by atoms with Gasteiger partial charge in [-0.05, 0) is 30.7 Å². The zero-order valence-corrected chi connectivity index (χ0v) is 15.6. The average molecular weight is 368 g/mol. The normalized spacial score (nSPS) is 16.6. The number of hydrogen-bond donors (Lipinski definition) is 1. The first-order valence-electron chi connectivity index (χ1n) is 8.96. The van der Waals surface area contributed by atoms with Crippen LogP contribution in [0.2, 0.25) is 0 Å². The van der Waals surface area contributed by atoms with Crippen LogP contribution in [0.3, 0.4) is 0 Å². The number of nitrogens with one attached hydrogen (secondary N) is 1. The molecule has 1 amide bonds. The quantitative estimate of drug-likeness (QED) is 0.821. The van der Waals surface area contributed by atoms with Gasteiger partial charge in [-0.1, -0.05) is 30.3 Å². The van der Waals surface area contributed by atoms with Gasteiger partial charge in [0.1, 0.15) is 11.9 Å². The maximum atomic E-state index is 12.4. The van der Waals surface area contributed by atoms with Gasteiger partial charge >= 0.3 is 5.97 Å². The molecule has 2 aromatic carbocycles. The Bertz CT molecular complexity index is 804. The summed E-state index contributed by atoms with van der Waals surface area (Å²) in [4.78, 5) is 25.9. The van der Waals surface area contributed by atoms with Crippen molar-refractivity contribution in [2.24, 2.45) is 0 Å². The lowest BCUT2D eigenvalue weighted by Crippen LogP contribution is -2.39. The van der Waals surface area contributed by atoms with Gasteiger partial charge in [0.25, 0.3) is 0 Å². The number of para-hydroxylation sites is 1. The molecular weight excluding hydrogens is 344 g/mol. The summed E-state index contributed by atoms with van der Waals surface area (Å²) in [6.45, 7) is 4.10. The van der Waals surface area contributed by atoms with Crippen molar-refractivity contribution in [2.75, 3.05) is 20.2 Å². The lowest BCUT2D eigenvalue weighted by Gasteiger charge is -2.21. The lowest BCUT2D eigenvalue weighted by atomic mass is 10.1. The number of benzene rings is 2. The zero-order chi connectivity index (χ0) is 19.2. The van der Waals surface area contributed by atoms with E-state index >= 15 is 0 Å². The summed E-state index contributed by atoms with van der Waals surface area (Å²) in [7, 11) is 1.35. The smallest absolute Gasteiger partial charge is 0.337 e. The SMILES string of the molecule is COC(=O)c1ccc(CNC(=O)CN2Cc3ccccc3OC(C)C2)cc1. The molecule has 1 atom stereocenters. The summed E-state index contributed by atoms with van der Waals surface area (Å²) in [6, 6.07) is 14.9. The number of ether oxygens (including phenoxy) is 2. The minimum Gasteiger partial charge on any atom is -0.489 e. The predicted octanol–water partition coefficient (Wildman–Crippen LogP) is 2.37. The molecule has 1 N–H and O–H groups in total. The van der Waals surface area contributed by atoms with Crippen LogP contribution in [0.1, 0.15) is 28.4 Å². The molecule has 6 nitrogen and oxygen atoms in total. The Morgan fingerprint density at radius 3 is 2.67 bits per heavy atom. The molecule has 1 aliphatic heterocycles. The standard InChI is InChI=1S/C21H24N2O4/c1-15-12-23(13-18-5-3-4-6-19(18)27-15)14-20(24)22-11-16-7-9-17(10-8-16)21(25)26-2/h3-10,15H,11-14H2,1-2H3,(H,22,24). The topological polar surface area (TPSA) is 67.9 Å². The minimum atomic E-state index is -0.372. The zero-order valence-electron chi connectivity index (χ0n) is 15.6. The molecule has 0 saturated carbocycles.